The lowest BCUT2D eigenvalue weighted by Gasteiger charge is -2.16. The summed E-state index contributed by atoms with van der Waals surface area (Å²) in [6, 6.07) is 17.9. The molecule has 0 radical (unpaired) electrons. The number of alkyl halides is 3. The van der Waals surface area contributed by atoms with Gasteiger partial charge in [-0.05, 0) is 55.8 Å². The molecule has 3 aromatic rings. The Kier molecular flexibility index (Phi) is 6.15. The van der Waals surface area contributed by atoms with Crippen molar-refractivity contribution >= 4 is 28.8 Å². The van der Waals surface area contributed by atoms with Crippen molar-refractivity contribution in [2.24, 2.45) is 0 Å². The number of carbonyl (C=O) groups is 2. The number of ether oxygens (including phenoxy) is 1. The third kappa shape index (κ3) is 4.52. The second-order valence-corrected chi connectivity index (χ2v) is 7.69. The molecule has 0 saturated carbocycles. The molecule has 2 amide bonds. The Balaban J connectivity index is 1.76. The molecule has 174 valence electrons. The first kappa shape index (κ1) is 23.1. The van der Waals surface area contributed by atoms with Crippen molar-refractivity contribution in [3.8, 4) is 5.75 Å². The minimum absolute atomic E-state index is 0.0300. The molecular weight excluding hydrogens is 445 g/mol. The van der Waals surface area contributed by atoms with Gasteiger partial charge in [0.2, 0.25) is 0 Å². The Labute approximate surface area is 194 Å². The average molecular weight is 466 g/mol. The van der Waals surface area contributed by atoms with E-state index in [1.165, 1.54) is 0 Å². The molecule has 0 saturated heterocycles. The zero-order chi connectivity index (χ0) is 24.5. The summed E-state index contributed by atoms with van der Waals surface area (Å²) in [7, 11) is 0. The van der Waals surface area contributed by atoms with Crippen LogP contribution in [0.2, 0.25) is 0 Å². The van der Waals surface area contributed by atoms with Gasteiger partial charge < -0.3 is 10.1 Å². The molecule has 0 spiro atoms. The van der Waals surface area contributed by atoms with Gasteiger partial charge in [0.05, 0.1) is 23.4 Å². The van der Waals surface area contributed by atoms with Gasteiger partial charge >= 0.3 is 6.18 Å². The number of benzene rings is 3. The first-order valence-corrected chi connectivity index (χ1v) is 10.6. The quantitative estimate of drug-likeness (QED) is 0.466. The molecule has 0 fully saturated rings. The molecule has 0 aromatic heterocycles. The zero-order valence-electron chi connectivity index (χ0n) is 18.4. The average Bonchev–Trinajstić information content (AvgIpc) is 3.04. The molecule has 1 aliphatic heterocycles. The largest absolute Gasteiger partial charge is 0.494 e. The molecule has 34 heavy (non-hydrogen) atoms. The van der Waals surface area contributed by atoms with Crippen LogP contribution in [-0.4, -0.2) is 18.4 Å². The lowest BCUT2D eigenvalue weighted by molar-refractivity contribution is -0.137. The minimum atomic E-state index is -4.53. The van der Waals surface area contributed by atoms with Gasteiger partial charge in [0, 0.05) is 11.8 Å². The van der Waals surface area contributed by atoms with E-state index in [1.807, 2.05) is 26.0 Å². The Hall–Kier alpha value is -4.07. The molecule has 4 rings (SSSR count). The molecule has 1 N–H and O–H groups in total. The summed E-state index contributed by atoms with van der Waals surface area (Å²) in [5, 5.41) is 3.03. The predicted molar refractivity (Wildman–Crippen MR) is 123 cm³/mol. The van der Waals surface area contributed by atoms with E-state index >= 15 is 0 Å². The highest BCUT2D eigenvalue weighted by atomic mass is 19.4. The predicted octanol–water partition coefficient (Wildman–Crippen LogP) is 5.81. The van der Waals surface area contributed by atoms with Crippen LogP contribution in [0.3, 0.4) is 0 Å². The van der Waals surface area contributed by atoms with Gasteiger partial charge in [0.25, 0.3) is 11.8 Å². The van der Waals surface area contributed by atoms with E-state index in [-0.39, 0.29) is 17.0 Å². The number of aryl methyl sites for hydroxylation is 1. The van der Waals surface area contributed by atoms with Crippen LogP contribution in [0, 0.1) is 6.92 Å². The van der Waals surface area contributed by atoms with Crippen molar-refractivity contribution in [2.75, 3.05) is 16.8 Å². The van der Waals surface area contributed by atoms with Gasteiger partial charge in [0.1, 0.15) is 11.4 Å². The van der Waals surface area contributed by atoms with Crippen LogP contribution in [0.5, 0.6) is 5.75 Å². The fraction of sp³-hybridized carbons (Fsp3) is 0.154. The number of nitrogens with one attached hydrogen (secondary N) is 1. The number of anilines is 2. The molecule has 8 heteroatoms. The number of hydrogen-bond donors (Lipinski definition) is 1. The van der Waals surface area contributed by atoms with Crippen molar-refractivity contribution in [3.63, 3.8) is 0 Å². The molecule has 1 heterocycles. The van der Waals surface area contributed by atoms with E-state index in [9.17, 15) is 22.8 Å². The SMILES string of the molecule is CCOc1cccc(NC2=C(c3ccc(C)cc3)C(=O)N(c3ccc(C(F)(F)F)cc3)C2=O)c1. The number of amides is 2. The fourth-order valence-electron chi connectivity index (χ4n) is 3.64. The minimum Gasteiger partial charge on any atom is -0.494 e. The highest BCUT2D eigenvalue weighted by Gasteiger charge is 2.40. The van der Waals surface area contributed by atoms with Gasteiger partial charge in [-0.3, -0.25) is 9.59 Å². The van der Waals surface area contributed by atoms with E-state index in [1.54, 1.807) is 36.4 Å². The summed E-state index contributed by atoms with van der Waals surface area (Å²) in [5.74, 6) is -0.708. The Morgan fingerprint density at radius 1 is 0.912 bits per heavy atom. The maximum atomic E-state index is 13.4. The van der Waals surface area contributed by atoms with E-state index in [4.69, 9.17) is 4.74 Å². The van der Waals surface area contributed by atoms with Crippen molar-refractivity contribution in [1.29, 1.82) is 0 Å². The van der Waals surface area contributed by atoms with Crippen molar-refractivity contribution in [1.82, 2.24) is 0 Å². The molecule has 1 aliphatic rings. The van der Waals surface area contributed by atoms with Crippen molar-refractivity contribution in [2.45, 2.75) is 20.0 Å². The highest BCUT2D eigenvalue weighted by Crippen LogP contribution is 2.36. The number of imide groups is 1. The first-order chi connectivity index (χ1) is 16.2. The maximum absolute atomic E-state index is 13.4. The summed E-state index contributed by atoms with van der Waals surface area (Å²) in [6.07, 6.45) is -4.53. The van der Waals surface area contributed by atoms with Crippen LogP contribution < -0.4 is 15.0 Å². The third-order valence-corrected chi connectivity index (χ3v) is 5.29. The van der Waals surface area contributed by atoms with E-state index in [0.717, 1.165) is 34.7 Å². The van der Waals surface area contributed by atoms with Gasteiger partial charge in [-0.1, -0.05) is 35.9 Å². The number of halogens is 3. The van der Waals surface area contributed by atoms with Crippen LogP contribution in [0.15, 0.2) is 78.5 Å². The number of nitrogens with zero attached hydrogens (tertiary/aromatic N) is 1. The van der Waals surface area contributed by atoms with Crippen LogP contribution in [0.25, 0.3) is 5.57 Å². The van der Waals surface area contributed by atoms with Gasteiger partial charge in [-0.25, -0.2) is 4.90 Å². The number of rotatable bonds is 6. The van der Waals surface area contributed by atoms with E-state index in [2.05, 4.69) is 5.32 Å². The Morgan fingerprint density at radius 2 is 1.59 bits per heavy atom. The normalized spacial score (nSPS) is 14.1. The molecule has 0 bridgehead atoms. The standard InChI is InChI=1S/C26H21F3N2O3/c1-3-34-21-6-4-5-19(15-21)30-23-22(17-9-7-16(2)8-10-17)24(32)31(25(23)33)20-13-11-18(12-14-20)26(27,28)29/h4-15,30H,3H2,1-2H3. The number of carbonyl (C=O) groups excluding carboxylic acids is 2. The smallest absolute Gasteiger partial charge is 0.416 e. The number of hydrogen-bond acceptors (Lipinski definition) is 4. The zero-order valence-corrected chi connectivity index (χ0v) is 18.4. The summed E-state index contributed by atoms with van der Waals surface area (Å²) in [4.78, 5) is 27.7. The second kappa shape index (κ2) is 9.05. The lowest BCUT2D eigenvalue weighted by Crippen LogP contribution is -2.32. The summed E-state index contributed by atoms with van der Waals surface area (Å²) < 4.78 is 44.4. The highest BCUT2D eigenvalue weighted by molar-refractivity contribution is 6.46. The molecule has 5 nitrogen and oxygen atoms in total. The molecule has 3 aromatic carbocycles. The van der Waals surface area contributed by atoms with Crippen LogP contribution >= 0.6 is 0 Å². The summed E-state index contributed by atoms with van der Waals surface area (Å²) in [6.45, 7) is 4.20. The third-order valence-electron chi connectivity index (χ3n) is 5.29. The Bertz CT molecular complexity index is 1260. The lowest BCUT2D eigenvalue weighted by atomic mass is 10.0. The Morgan fingerprint density at radius 3 is 2.21 bits per heavy atom. The van der Waals surface area contributed by atoms with Crippen LogP contribution in [0.4, 0.5) is 24.5 Å². The maximum Gasteiger partial charge on any atom is 0.416 e. The molecule has 0 atom stereocenters. The topological polar surface area (TPSA) is 58.6 Å². The van der Waals surface area contributed by atoms with E-state index < -0.39 is 23.6 Å². The van der Waals surface area contributed by atoms with Crippen LogP contribution in [-0.2, 0) is 15.8 Å². The van der Waals surface area contributed by atoms with E-state index in [0.29, 0.717) is 23.6 Å². The molecular formula is C26H21F3N2O3. The first-order valence-electron chi connectivity index (χ1n) is 10.6. The van der Waals surface area contributed by atoms with Gasteiger partial charge in [0.15, 0.2) is 0 Å². The molecule has 0 unspecified atom stereocenters. The van der Waals surface area contributed by atoms with Crippen LogP contribution in [0.1, 0.15) is 23.6 Å². The van der Waals surface area contributed by atoms with Gasteiger partial charge in [-0.15, -0.1) is 0 Å². The summed E-state index contributed by atoms with van der Waals surface area (Å²) in [5.41, 5.74) is 1.36. The van der Waals surface area contributed by atoms with Crippen molar-refractivity contribution < 1.29 is 27.5 Å². The van der Waals surface area contributed by atoms with Gasteiger partial charge in [-0.2, -0.15) is 13.2 Å². The monoisotopic (exact) mass is 466 g/mol. The second-order valence-electron chi connectivity index (χ2n) is 7.69. The fourth-order valence-corrected chi connectivity index (χ4v) is 3.64. The summed E-state index contributed by atoms with van der Waals surface area (Å²) >= 11 is 0. The molecule has 0 aliphatic carbocycles. The van der Waals surface area contributed by atoms with Crippen molar-refractivity contribution in [3.05, 3.63) is 95.2 Å².